The van der Waals surface area contributed by atoms with Crippen LogP contribution >= 0.6 is 0 Å². The molecule has 1 saturated carbocycles. The minimum absolute atomic E-state index is 0.0947. The molecular weight excluding hydrogens is 617 g/mol. The molecule has 6 nitrogen and oxygen atoms in total. The molecule has 1 spiro atoms. The lowest BCUT2D eigenvalue weighted by Crippen LogP contribution is -2.78. The van der Waals surface area contributed by atoms with Gasteiger partial charge in [0.25, 0.3) is 0 Å². The van der Waals surface area contributed by atoms with Gasteiger partial charge in [-0.1, -0.05) is 62.4 Å². The van der Waals surface area contributed by atoms with Gasteiger partial charge in [0.05, 0.1) is 29.7 Å². The van der Waals surface area contributed by atoms with Crippen molar-refractivity contribution in [2.75, 3.05) is 26.7 Å². The first kappa shape index (κ1) is 32.7. The highest BCUT2D eigenvalue weighted by atomic mass is 19.4. The van der Waals surface area contributed by atoms with E-state index in [0.717, 1.165) is 42.8 Å². The lowest BCUT2D eigenvalue weighted by Gasteiger charge is -2.65. The highest BCUT2D eigenvalue weighted by molar-refractivity contribution is 5.92. The average molecular weight is 661 g/mol. The Hall–Kier alpha value is -3.82. The van der Waals surface area contributed by atoms with Crippen molar-refractivity contribution in [3.8, 4) is 11.5 Å². The van der Waals surface area contributed by atoms with Gasteiger partial charge in [-0.2, -0.15) is 13.2 Å². The smallest absolute Gasteiger partial charge is 0.416 e. The summed E-state index contributed by atoms with van der Waals surface area (Å²) < 4.78 is 52.0. The number of benzene rings is 3. The number of likely N-dealkylation sites (tertiary alicyclic amines) is 1. The summed E-state index contributed by atoms with van der Waals surface area (Å²) in [7, 11) is 1.63. The molecule has 3 aromatic rings. The molecule has 9 heteroatoms. The van der Waals surface area contributed by atoms with Crippen molar-refractivity contribution in [2.24, 2.45) is 5.92 Å². The third-order valence-electron chi connectivity index (χ3n) is 11.2. The van der Waals surface area contributed by atoms with Gasteiger partial charge in [0.1, 0.15) is 6.10 Å². The Labute approximate surface area is 280 Å². The number of piperidine rings is 1. The summed E-state index contributed by atoms with van der Waals surface area (Å²) in [6.45, 7) is 6.23. The standard InChI is InChI=1S/C39H43F3N2O4/c1-25(2)24-44(33(45)16-11-27-9-13-29(14-10-27)39(40,41)42)30-17-19-38(46)32-23-28-12-15-31(47-3)35-34(28)37(38,36(30)48-35)20-22-43(32)21-18-26-7-5-4-6-8-26/h4-16,25,30,32,36,46H,17-24H2,1-3H3/t30-,32+,36-,37-,38+/m0/s1. The Morgan fingerprint density at radius 2 is 1.85 bits per heavy atom. The minimum Gasteiger partial charge on any atom is -0.493 e. The van der Waals surface area contributed by atoms with Gasteiger partial charge >= 0.3 is 6.18 Å². The van der Waals surface area contributed by atoms with Gasteiger partial charge in [-0.3, -0.25) is 9.69 Å². The number of rotatable bonds is 9. The van der Waals surface area contributed by atoms with Crippen LogP contribution in [0.3, 0.4) is 0 Å². The first-order chi connectivity index (χ1) is 23.0. The number of nitrogens with zero attached hydrogens (tertiary/aromatic N) is 2. The summed E-state index contributed by atoms with van der Waals surface area (Å²) in [5, 5.41) is 13.0. The number of carbonyl (C=O) groups is 1. The lowest BCUT2D eigenvalue weighted by atomic mass is 9.48. The molecule has 7 rings (SSSR count). The maximum absolute atomic E-state index is 14.1. The molecular formula is C39H43F3N2O4. The first-order valence-corrected chi connectivity index (χ1v) is 17.0. The summed E-state index contributed by atoms with van der Waals surface area (Å²) >= 11 is 0. The third-order valence-corrected chi connectivity index (χ3v) is 11.2. The summed E-state index contributed by atoms with van der Waals surface area (Å²) in [5.74, 6) is 1.24. The molecule has 1 amide bonds. The molecule has 0 aromatic heterocycles. The van der Waals surface area contributed by atoms with Crippen molar-refractivity contribution >= 4 is 12.0 Å². The predicted octanol–water partition coefficient (Wildman–Crippen LogP) is 6.68. The fraction of sp³-hybridized carbons (Fsp3) is 0.462. The molecule has 5 atom stereocenters. The van der Waals surface area contributed by atoms with Crippen LogP contribution in [0.4, 0.5) is 13.2 Å². The molecule has 2 bridgehead atoms. The molecule has 2 fully saturated rings. The molecule has 2 aliphatic carbocycles. The number of hydrogen-bond acceptors (Lipinski definition) is 5. The predicted molar refractivity (Wildman–Crippen MR) is 178 cm³/mol. The monoisotopic (exact) mass is 660 g/mol. The van der Waals surface area contributed by atoms with Gasteiger partial charge in [0, 0.05) is 30.8 Å². The van der Waals surface area contributed by atoms with Crippen LogP contribution in [-0.2, 0) is 29.2 Å². The largest absolute Gasteiger partial charge is 0.493 e. The van der Waals surface area contributed by atoms with Crippen LogP contribution in [0.2, 0.25) is 0 Å². The molecule has 48 heavy (non-hydrogen) atoms. The number of amides is 1. The molecule has 1 saturated heterocycles. The summed E-state index contributed by atoms with van der Waals surface area (Å²) in [4.78, 5) is 18.4. The second-order valence-electron chi connectivity index (χ2n) is 14.3. The molecule has 0 radical (unpaired) electrons. The van der Waals surface area contributed by atoms with Crippen LogP contribution in [0.15, 0.2) is 72.8 Å². The van der Waals surface area contributed by atoms with Gasteiger partial charge in [0.15, 0.2) is 11.5 Å². The van der Waals surface area contributed by atoms with E-state index in [9.17, 15) is 23.1 Å². The first-order valence-electron chi connectivity index (χ1n) is 17.0. The Balaban J connectivity index is 1.23. The quantitative estimate of drug-likeness (QED) is 0.260. The van der Waals surface area contributed by atoms with Crippen molar-refractivity contribution in [2.45, 2.75) is 81.3 Å². The summed E-state index contributed by atoms with van der Waals surface area (Å²) in [6.07, 6.45) is 1.49. The SMILES string of the molecule is COc1ccc2c3c1O[C@H]1[C@@H](N(CC(C)C)C(=O)C=Cc4ccc(C(F)(F)F)cc4)CC[C@@]4(O)[C@@H](C2)N(CCc2ccccc2)CC[C@]314. The van der Waals surface area contributed by atoms with E-state index >= 15 is 0 Å². The second kappa shape index (κ2) is 12.3. The molecule has 0 unspecified atom stereocenters. The number of ether oxygens (including phenoxy) is 2. The average Bonchev–Trinajstić information content (AvgIpc) is 3.42. The van der Waals surface area contributed by atoms with Crippen molar-refractivity contribution in [1.82, 2.24) is 9.80 Å². The number of halogens is 3. The van der Waals surface area contributed by atoms with Crippen LogP contribution in [-0.4, -0.2) is 71.3 Å². The Bertz CT molecular complexity index is 1690. The maximum atomic E-state index is 14.1. The molecule has 4 aliphatic rings. The molecule has 1 N–H and O–H groups in total. The van der Waals surface area contributed by atoms with Crippen molar-refractivity contribution in [1.29, 1.82) is 0 Å². The lowest BCUT2D eigenvalue weighted by molar-refractivity contribution is -0.201. The fourth-order valence-electron chi connectivity index (χ4n) is 9.09. The van der Waals surface area contributed by atoms with E-state index in [1.165, 1.54) is 23.8 Å². The van der Waals surface area contributed by atoms with E-state index in [1.54, 1.807) is 13.2 Å². The van der Waals surface area contributed by atoms with Crippen LogP contribution in [0.25, 0.3) is 6.08 Å². The topological polar surface area (TPSA) is 62.2 Å². The van der Waals surface area contributed by atoms with Crippen LogP contribution < -0.4 is 9.47 Å². The zero-order valence-electron chi connectivity index (χ0n) is 27.7. The molecule has 2 heterocycles. The van der Waals surface area contributed by atoms with E-state index in [4.69, 9.17) is 9.47 Å². The van der Waals surface area contributed by atoms with E-state index in [0.29, 0.717) is 49.3 Å². The van der Waals surface area contributed by atoms with Gasteiger partial charge < -0.3 is 19.5 Å². The Morgan fingerprint density at radius 3 is 2.54 bits per heavy atom. The van der Waals surface area contributed by atoms with Crippen LogP contribution in [0, 0.1) is 5.92 Å². The molecule has 2 aliphatic heterocycles. The van der Waals surface area contributed by atoms with Gasteiger partial charge in [-0.15, -0.1) is 0 Å². The van der Waals surface area contributed by atoms with E-state index in [-0.39, 0.29) is 23.9 Å². The zero-order valence-corrected chi connectivity index (χ0v) is 27.7. The van der Waals surface area contributed by atoms with Gasteiger partial charge in [-0.05, 0) is 85.5 Å². The summed E-state index contributed by atoms with van der Waals surface area (Å²) in [5.41, 5.74) is 1.48. The minimum atomic E-state index is -4.42. The van der Waals surface area contributed by atoms with E-state index in [1.807, 2.05) is 17.0 Å². The zero-order chi connectivity index (χ0) is 33.8. The number of aliphatic hydroxyl groups is 1. The number of alkyl halides is 3. The van der Waals surface area contributed by atoms with Crippen molar-refractivity contribution < 1.29 is 32.5 Å². The van der Waals surface area contributed by atoms with E-state index in [2.05, 4.69) is 49.1 Å². The van der Waals surface area contributed by atoms with Crippen LogP contribution in [0.5, 0.6) is 11.5 Å². The van der Waals surface area contributed by atoms with Crippen molar-refractivity contribution in [3.05, 3.63) is 101 Å². The van der Waals surface area contributed by atoms with E-state index < -0.39 is 28.9 Å². The molecule has 3 aromatic carbocycles. The number of carbonyl (C=O) groups excluding carboxylic acids is 1. The van der Waals surface area contributed by atoms with Gasteiger partial charge in [0.2, 0.25) is 5.91 Å². The van der Waals surface area contributed by atoms with Crippen LogP contribution in [0.1, 0.15) is 60.9 Å². The van der Waals surface area contributed by atoms with Crippen molar-refractivity contribution in [3.63, 3.8) is 0 Å². The Morgan fingerprint density at radius 1 is 1.10 bits per heavy atom. The highest BCUT2D eigenvalue weighted by Gasteiger charge is 2.73. The third kappa shape index (κ3) is 5.30. The second-order valence-corrected chi connectivity index (χ2v) is 14.3. The fourth-order valence-corrected chi connectivity index (χ4v) is 9.09. The maximum Gasteiger partial charge on any atom is 0.416 e. The van der Waals surface area contributed by atoms with Gasteiger partial charge in [-0.25, -0.2) is 0 Å². The highest BCUT2D eigenvalue weighted by Crippen LogP contribution is 2.66. The molecule has 254 valence electrons. The summed E-state index contributed by atoms with van der Waals surface area (Å²) in [6, 6.07) is 18.9. The number of hydrogen-bond donors (Lipinski definition) is 1. The normalized spacial score (nSPS) is 27.5. The number of methoxy groups -OCH3 is 1. The Kier molecular flexibility index (Phi) is 8.35.